The van der Waals surface area contributed by atoms with Crippen LogP contribution in [0.5, 0.6) is 0 Å². The van der Waals surface area contributed by atoms with Crippen LogP contribution in [-0.2, 0) is 16.4 Å². The summed E-state index contributed by atoms with van der Waals surface area (Å²) in [5, 5.41) is 9.02. The highest BCUT2D eigenvalue weighted by atomic mass is 32.2. The number of aryl methyl sites for hydroxylation is 1. The first-order valence-electron chi connectivity index (χ1n) is 7.10. The van der Waals surface area contributed by atoms with Gasteiger partial charge in [-0.05, 0) is 37.1 Å². The van der Waals surface area contributed by atoms with Crippen molar-refractivity contribution in [3.63, 3.8) is 0 Å². The number of rotatable bonds is 3. The maximum Gasteiger partial charge on any atom is 0.264 e. The predicted octanol–water partition coefficient (Wildman–Crippen LogP) is 3.03. The molecule has 0 saturated heterocycles. The zero-order chi connectivity index (χ0) is 15.7. The summed E-state index contributed by atoms with van der Waals surface area (Å²) in [7, 11) is -3.66. The van der Waals surface area contributed by atoms with E-state index in [4.69, 9.17) is 5.26 Å². The third kappa shape index (κ3) is 2.36. The molecule has 0 unspecified atom stereocenters. The minimum absolute atomic E-state index is 0.180. The maximum atomic E-state index is 13.0. The van der Waals surface area contributed by atoms with Crippen molar-refractivity contribution >= 4 is 15.7 Å². The van der Waals surface area contributed by atoms with Crippen LogP contribution in [0.3, 0.4) is 0 Å². The van der Waals surface area contributed by atoms with E-state index >= 15 is 0 Å². The molecular formula is C17H16N2O2S. The molecule has 0 bridgehead atoms. The van der Waals surface area contributed by atoms with Crippen molar-refractivity contribution in [1.82, 2.24) is 0 Å². The Balaban J connectivity index is 2.11. The third-order valence-corrected chi connectivity index (χ3v) is 5.80. The van der Waals surface area contributed by atoms with Crippen LogP contribution in [0.1, 0.15) is 17.5 Å². The number of fused-ring (bicyclic) bond motifs is 1. The van der Waals surface area contributed by atoms with Gasteiger partial charge in [-0.3, -0.25) is 4.31 Å². The Morgan fingerprint density at radius 1 is 1.18 bits per heavy atom. The summed E-state index contributed by atoms with van der Waals surface area (Å²) < 4.78 is 27.4. The van der Waals surface area contributed by atoms with E-state index in [2.05, 4.69) is 6.07 Å². The fourth-order valence-electron chi connectivity index (χ4n) is 2.84. The Kier molecular flexibility index (Phi) is 3.63. The van der Waals surface area contributed by atoms with Crippen LogP contribution in [0.2, 0.25) is 0 Å². The number of benzene rings is 2. The molecule has 1 aliphatic heterocycles. The summed E-state index contributed by atoms with van der Waals surface area (Å²) in [6.45, 7) is 1.92. The van der Waals surface area contributed by atoms with Crippen LogP contribution < -0.4 is 4.31 Å². The number of anilines is 1. The summed E-state index contributed by atoms with van der Waals surface area (Å²) in [5.41, 5.74) is 2.66. The standard InChI is InChI=1S/C17H16N2O2S/c1-13-6-8-16(9-7-13)22(20,21)19-15(10-11-18)12-14-4-2-3-5-17(14)19/h2-9,15H,10,12H2,1H3/t15-/m1/s1. The first-order valence-corrected chi connectivity index (χ1v) is 8.54. The first kappa shape index (κ1) is 14.6. The molecule has 2 aromatic rings. The summed E-state index contributed by atoms with van der Waals surface area (Å²) >= 11 is 0. The fraction of sp³-hybridized carbons (Fsp3) is 0.235. The number of nitriles is 1. The van der Waals surface area contributed by atoms with Crippen LogP contribution in [0, 0.1) is 18.3 Å². The van der Waals surface area contributed by atoms with Gasteiger partial charge in [0.2, 0.25) is 0 Å². The molecule has 22 heavy (non-hydrogen) atoms. The van der Waals surface area contributed by atoms with E-state index in [9.17, 15) is 8.42 Å². The molecule has 0 saturated carbocycles. The molecule has 0 fully saturated rings. The van der Waals surface area contributed by atoms with E-state index in [1.54, 1.807) is 30.3 Å². The van der Waals surface area contributed by atoms with Crippen LogP contribution in [0.25, 0.3) is 0 Å². The molecule has 0 N–H and O–H groups in total. The van der Waals surface area contributed by atoms with Gasteiger partial charge < -0.3 is 0 Å². The molecule has 2 aromatic carbocycles. The molecule has 0 spiro atoms. The molecule has 1 atom stereocenters. The van der Waals surface area contributed by atoms with Gasteiger partial charge in [-0.1, -0.05) is 35.9 Å². The Morgan fingerprint density at radius 3 is 2.55 bits per heavy atom. The van der Waals surface area contributed by atoms with Crippen LogP contribution >= 0.6 is 0 Å². The lowest BCUT2D eigenvalue weighted by Crippen LogP contribution is -2.37. The summed E-state index contributed by atoms with van der Waals surface area (Å²) in [6.07, 6.45) is 0.759. The van der Waals surface area contributed by atoms with Crippen LogP contribution in [0.4, 0.5) is 5.69 Å². The van der Waals surface area contributed by atoms with Crippen molar-refractivity contribution in [3.8, 4) is 6.07 Å². The van der Waals surface area contributed by atoms with E-state index in [1.807, 2.05) is 25.1 Å². The van der Waals surface area contributed by atoms with Gasteiger partial charge in [-0.25, -0.2) is 8.42 Å². The number of sulfonamides is 1. The smallest absolute Gasteiger partial charge is 0.262 e. The number of hydrogen-bond donors (Lipinski definition) is 0. The van der Waals surface area contributed by atoms with Gasteiger partial charge in [0, 0.05) is 0 Å². The van der Waals surface area contributed by atoms with E-state index < -0.39 is 10.0 Å². The Labute approximate surface area is 130 Å². The van der Waals surface area contributed by atoms with Crippen molar-refractivity contribution in [1.29, 1.82) is 5.26 Å². The molecule has 112 valence electrons. The minimum Gasteiger partial charge on any atom is -0.262 e. The molecule has 5 heteroatoms. The molecule has 1 aliphatic rings. The highest BCUT2D eigenvalue weighted by molar-refractivity contribution is 7.92. The van der Waals surface area contributed by atoms with E-state index in [0.717, 1.165) is 11.1 Å². The van der Waals surface area contributed by atoms with Crippen molar-refractivity contribution in [2.24, 2.45) is 0 Å². The Hall–Kier alpha value is -2.32. The largest absolute Gasteiger partial charge is 0.264 e. The second kappa shape index (κ2) is 5.47. The summed E-state index contributed by atoms with van der Waals surface area (Å²) in [4.78, 5) is 0.262. The van der Waals surface area contributed by atoms with Crippen LogP contribution in [0.15, 0.2) is 53.4 Å². The highest BCUT2D eigenvalue weighted by Crippen LogP contribution is 2.37. The number of hydrogen-bond acceptors (Lipinski definition) is 3. The number of para-hydroxylation sites is 1. The van der Waals surface area contributed by atoms with Crippen molar-refractivity contribution in [2.45, 2.75) is 30.7 Å². The maximum absolute atomic E-state index is 13.0. The molecule has 0 aromatic heterocycles. The van der Waals surface area contributed by atoms with Crippen molar-refractivity contribution in [2.75, 3.05) is 4.31 Å². The monoisotopic (exact) mass is 312 g/mol. The van der Waals surface area contributed by atoms with Gasteiger partial charge in [-0.2, -0.15) is 5.26 Å². The summed E-state index contributed by atoms with van der Waals surface area (Å²) in [6, 6.07) is 16.0. The van der Waals surface area contributed by atoms with E-state index in [0.29, 0.717) is 12.1 Å². The molecule has 0 aliphatic carbocycles. The van der Waals surface area contributed by atoms with Gasteiger partial charge in [0.25, 0.3) is 10.0 Å². The van der Waals surface area contributed by atoms with Gasteiger partial charge >= 0.3 is 0 Å². The van der Waals surface area contributed by atoms with E-state index in [1.165, 1.54) is 4.31 Å². The lowest BCUT2D eigenvalue weighted by atomic mass is 10.1. The van der Waals surface area contributed by atoms with Gasteiger partial charge in [0.05, 0.1) is 29.1 Å². The highest BCUT2D eigenvalue weighted by Gasteiger charge is 2.37. The second-order valence-corrected chi connectivity index (χ2v) is 7.28. The van der Waals surface area contributed by atoms with Crippen LogP contribution in [-0.4, -0.2) is 14.5 Å². The Morgan fingerprint density at radius 2 is 1.86 bits per heavy atom. The fourth-order valence-corrected chi connectivity index (χ4v) is 4.53. The lowest BCUT2D eigenvalue weighted by Gasteiger charge is -2.25. The summed E-state index contributed by atoms with van der Waals surface area (Å²) in [5.74, 6) is 0. The topological polar surface area (TPSA) is 61.2 Å². The molecule has 0 radical (unpaired) electrons. The molecule has 1 heterocycles. The molecule has 0 amide bonds. The second-order valence-electron chi connectivity index (χ2n) is 5.46. The molecular weight excluding hydrogens is 296 g/mol. The minimum atomic E-state index is -3.66. The van der Waals surface area contributed by atoms with Crippen molar-refractivity contribution in [3.05, 3.63) is 59.7 Å². The van der Waals surface area contributed by atoms with E-state index in [-0.39, 0.29) is 17.4 Å². The Bertz CT molecular complexity index is 836. The lowest BCUT2D eigenvalue weighted by molar-refractivity contribution is 0.580. The molecule has 4 nitrogen and oxygen atoms in total. The normalized spacial score (nSPS) is 17.1. The third-order valence-electron chi connectivity index (χ3n) is 3.92. The van der Waals surface area contributed by atoms with Gasteiger partial charge in [0.15, 0.2) is 0 Å². The first-order chi connectivity index (χ1) is 10.5. The number of nitrogens with zero attached hydrogens (tertiary/aromatic N) is 2. The SMILES string of the molecule is Cc1ccc(S(=O)(=O)N2c3ccccc3C[C@H]2CC#N)cc1. The van der Waals surface area contributed by atoms with Gasteiger partial charge in [-0.15, -0.1) is 0 Å². The quantitative estimate of drug-likeness (QED) is 0.875. The zero-order valence-electron chi connectivity index (χ0n) is 12.2. The average Bonchev–Trinajstić information content (AvgIpc) is 2.86. The van der Waals surface area contributed by atoms with Crippen molar-refractivity contribution < 1.29 is 8.42 Å². The van der Waals surface area contributed by atoms with Gasteiger partial charge in [0.1, 0.15) is 0 Å². The predicted molar refractivity (Wildman–Crippen MR) is 85.0 cm³/mol. The molecule has 3 rings (SSSR count). The zero-order valence-corrected chi connectivity index (χ0v) is 13.0. The average molecular weight is 312 g/mol.